The van der Waals surface area contributed by atoms with Gasteiger partial charge in [0.05, 0.1) is 11.3 Å². The molecular weight excluding hydrogens is 292 g/mol. The number of amides is 1. The van der Waals surface area contributed by atoms with Crippen LogP contribution in [-0.2, 0) is 0 Å². The number of rotatable bonds is 3. The summed E-state index contributed by atoms with van der Waals surface area (Å²) in [6, 6.07) is 9.30. The molecule has 0 aliphatic rings. The Kier molecular flexibility index (Phi) is 3.61. The van der Waals surface area contributed by atoms with E-state index in [9.17, 15) is 13.6 Å². The molecule has 2 heterocycles. The molecule has 0 atom stereocenters. The zero-order valence-electron chi connectivity index (χ0n) is 11.1. The van der Waals surface area contributed by atoms with Crippen LogP contribution in [0.2, 0.25) is 0 Å². The summed E-state index contributed by atoms with van der Waals surface area (Å²) in [6.45, 7) is 0. The van der Waals surface area contributed by atoms with Crippen molar-refractivity contribution in [2.75, 3.05) is 5.32 Å². The van der Waals surface area contributed by atoms with Gasteiger partial charge < -0.3 is 4.52 Å². The Balaban J connectivity index is 1.81. The first kappa shape index (κ1) is 13.9. The Morgan fingerprint density at radius 2 is 1.95 bits per heavy atom. The van der Waals surface area contributed by atoms with Crippen LogP contribution >= 0.6 is 0 Å². The second-order valence-electron chi connectivity index (χ2n) is 4.37. The summed E-state index contributed by atoms with van der Waals surface area (Å²) in [5.41, 5.74) is 0.551. The van der Waals surface area contributed by atoms with Gasteiger partial charge in [0, 0.05) is 12.3 Å². The smallest absolute Gasteiger partial charge is 0.261 e. The van der Waals surface area contributed by atoms with Crippen molar-refractivity contribution >= 4 is 11.8 Å². The maximum Gasteiger partial charge on any atom is 0.261 e. The van der Waals surface area contributed by atoms with Gasteiger partial charge in [-0.25, -0.2) is 8.78 Å². The molecule has 0 bridgehead atoms. The van der Waals surface area contributed by atoms with Crippen LogP contribution in [0.15, 0.2) is 53.2 Å². The Bertz CT molecular complexity index is 819. The van der Waals surface area contributed by atoms with E-state index in [1.54, 1.807) is 24.4 Å². The molecule has 1 amide bonds. The molecule has 0 aliphatic carbocycles. The van der Waals surface area contributed by atoms with Crippen LogP contribution in [0.3, 0.4) is 0 Å². The number of nitrogens with one attached hydrogen (secondary N) is 1. The second-order valence-corrected chi connectivity index (χ2v) is 4.37. The summed E-state index contributed by atoms with van der Waals surface area (Å²) in [6.07, 6.45) is 1.59. The average molecular weight is 301 g/mol. The van der Waals surface area contributed by atoms with E-state index in [0.717, 1.165) is 18.2 Å². The molecule has 110 valence electrons. The molecule has 3 rings (SSSR count). The third-order valence-electron chi connectivity index (χ3n) is 2.85. The van der Waals surface area contributed by atoms with Crippen molar-refractivity contribution in [3.63, 3.8) is 0 Å². The van der Waals surface area contributed by atoms with Crippen LogP contribution in [0.25, 0.3) is 11.4 Å². The predicted octanol–water partition coefficient (Wildman–Crippen LogP) is 3.27. The van der Waals surface area contributed by atoms with Gasteiger partial charge in [-0.1, -0.05) is 11.2 Å². The fraction of sp³-hybridized carbons (Fsp3) is 0. The lowest BCUT2D eigenvalue weighted by Crippen LogP contribution is -2.13. The van der Waals surface area contributed by atoms with Gasteiger partial charge in [0.1, 0.15) is 17.3 Å². The third-order valence-corrected chi connectivity index (χ3v) is 2.85. The Morgan fingerprint density at radius 1 is 1.09 bits per heavy atom. The SMILES string of the molecule is O=C(Nc1cc(-c2ccccn2)no1)c1cc(F)ccc1F. The maximum atomic E-state index is 13.5. The quantitative estimate of drug-likeness (QED) is 0.806. The van der Waals surface area contributed by atoms with Crippen LogP contribution in [-0.4, -0.2) is 16.0 Å². The number of hydrogen-bond donors (Lipinski definition) is 1. The monoisotopic (exact) mass is 301 g/mol. The van der Waals surface area contributed by atoms with Gasteiger partial charge in [-0.15, -0.1) is 0 Å². The van der Waals surface area contributed by atoms with E-state index in [1.807, 2.05) is 0 Å². The molecule has 0 unspecified atom stereocenters. The first-order valence-electron chi connectivity index (χ1n) is 6.28. The average Bonchev–Trinajstić information content (AvgIpc) is 2.99. The largest absolute Gasteiger partial charge is 0.338 e. The molecule has 7 heteroatoms. The molecule has 5 nitrogen and oxygen atoms in total. The van der Waals surface area contributed by atoms with Crippen molar-refractivity contribution in [1.82, 2.24) is 10.1 Å². The first-order chi connectivity index (χ1) is 10.6. The fourth-order valence-electron chi connectivity index (χ4n) is 1.82. The van der Waals surface area contributed by atoms with Gasteiger partial charge in [0.15, 0.2) is 0 Å². The van der Waals surface area contributed by atoms with E-state index < -0.39 is 23.1 Å². The van der Waals surface area contributed by atoms with E-state index in [1.165, 1.54) is 6.07 Å². The fourth-order valence-corrected chi connectivity index (χ4v) is 1.82. The lowest BCUT2D eigenvalue weighted by Gasteiger charge is -2.02. The number of benzene rings is 1. The molecule has 1 aromatic carbocycles. The minimum atomic E-state index is -0.833. The van der Waals surface area contributed by atoms with Crippen molar-refractivity contribution in [2.45, 2.75) is 0 Å². The lowest BCUT2D eigenvalue weighted by molar-refractivity contribution is 0.101. The van der Waals surface area contributed by atoms with Gasteiger partial charge in [0.2, 0.25) is 5.88 Å². The number of carbonyl (C=O) groups excluding carboxylic acids is 1. The summed E-state index contributed by atoms with van der Waals surface area (Å²) in [5.74, 6) is -2.36. The van der Waals surface area contributed by atoms with Crippen molar-refractivity contribution < 1.29 is 18.1 Å². The molecular formula is C15H9F2N3O2. The Hall–Kier alpha value is -3.09. The van der Waals surface area contributed by atoms with Crippen LogP contribution in [0.5, 0.6) is 0 Å². The highest BCUT2D eigenvalue weighted by atomic mass is 19.1. The predicted molar refractivity (Wildman–Crippen MR) is 74.0 cm³/mol. The molecule has 1 N–H and O–H groups in total. The summed E-state index contributed by atoms with van der Waals surface area (Å²) in [4.78, 5) is 16.0. The number of hydrogen-bond acceptors (Lipinski definition) is 4. The zero-order valence-corrected chi connectivity index (χ0v) is 11.1. The van der Waals surface area contributed by atoms with Gasteiger partial charge in [-0.05, 0) is 30.3 Å². The Labute approximate surface area is 123 Å². The number of carbonyl (C=O) groups is 1. The highest BCUT2D eigenvalue weighted by Crippen LogP contribution is 2.20. The molecule has 22 heavy (non-hydrogen) atoms. The number of aromatic nitrogens is 2. The molecule has 0 saturated heterocycles. The Morgan fingerprint density at radius 3 is 2.73 bits per heavy atom. The van der Waals surface area contributed by atoms with Crippen LogP contribution in [0, 0.1) is 11.6 Å². The highest BCUT2D eigenvalue weighted by Gasteiger charge is 2.16. The highest BCUT2D eigenvalue weighted by molar-refractivity contribution is 6.03. The topological polar surface area (TPSA) is 68.0 Å². The molecule has 0 saturated carbocycles. The van der Waals surface area contributed by atoms with Crippen LogP contribution in [0.4, 0.5) is 14.7 Å². The first-order valence-corrected chi connectivity index (χ1v) is 6.28. The summed E-state index contributed by atoms with van der Waals surface area (Å²) < 4.78 is 31.5. The van der Waals surface area contributed by atoms with Crippen LogP contribution < -0.4 is 5.32 Å². The molecule has 2 aromatic heterocycles. The van der Waals surface area contributed by atoms with Crippen molar-refractivity contribution in [3.8, 4) is 11.4 Å². The van der Waals surface area contributed by atoms with E-state index in [4.69, 9.17) is 4.52 Å². The number of halogens is 2. The molecule has 0 spiro atoms. The summed E-state index contributed by atoms with van der Waals surface area (Å²) in [5, 5.41) is 6.07. The summed E-state index contributed by atoms with van der Waals surface area (Å²) >= 11 is 0. The minimum absolute atomic E-state index is 0.00862. The van der Waals surface area contributed by atoms with Gasteiger partial charge in [0.25, 0.3) is 5.91 Å². The van der Waals surface area contributed by atoms with Gasteiger partial charge in [-0.2, -0.15) is 0 Å². The van der Waals surface area contributed by atoms with Gasteiger partial charge >= 0.3 is 0 Å². The second kappa shape index (κ2) is 5.72. The van der Waals surface area contributed by atoms with Crippen LogP contribution in [0.1, 0.15) is 10.4 Å². The molecule has 0 radical (unpaired) electrons. The normalized spacial score (nSPS) is 10.5. The maximum absolute atomic E-state index is 13.5. The van der Waals surface area contributed by atoms with E-state index in [0.29, 0.717) is 11.4 Å². The summed E-state index contributed by atoms with van der Waals surface area (Å²) in [7, 11) is 0. The number of nitrogens with zero attached hydrogens (tertiary/aromatic N) is 2. The molecule has 3 aromatic rings. The number of anilines is 1. The van der Waals surface area contributed by atoms with E-state index in [2.05, 4.69) is 15.5 Å². The van der Waals surface area contributed by atoms with E-state index >= 15 is 0 Å². The number of pyridine rings is 1. The standard InChI is InChI=1S/C15H9F2N3O2/c16-9-4-5-11(17)10(7-9)15(21)19-14-8-13(20-22-14)12-3-1-2-6-18-12/h1-8H,(H,19,21). The van der Waals surface area contributed by atoms with Crippen molar-refractivity contribution in [1.29, 1.82) is 0 Å². The minimum Gasteiger partial charge on any atom is -0.338 e. The van der Waals surface area contributed by atoms with Gasteiger partial charge in [-0.3, -0.25) is 15.1 Å². The van der Waals surface area contributed by atoms with Crippen molar-refractivity contribution in [3.05, 3.63) is 65.9 Å². The third kappa shape index (κ3) is 2.83. The van der Waals surface area contributed by atoms with E-state index in [-0.39, 0.29) is 5.88 Å². The van der Waals surface area contributed by atoms with Crippen molar-refractivity contribution in [2.24, 2.45) is 0 Å². The zero-order chi connectivity index (χ0) is 15.5. The molecule has 0 fully saturated rings. The lowest BCUT2D eigenvalue weighted by atomic mass is 10.2. The molecule has 0 aliphatic heterocycles.